The maximum Gasteiger partial charge on any atom is 0.236 e. The van der Waals surface area contributed by atoms with Gasteiger partial charge >= 0.3 is 0 Å². The molecular weight excluding hydrogens is 331 g/mol. The molecule has 2 aromatic rings. The molecule has 1 amide bonds. The van der Waals surface area contributed by atoms with Crippen LogP contribution < -0.4 is 5.32 Å². The largest absolute Gasteiger partial charge is 0.380 e. The van der Waals surface area contributed by atoms with Gasteiger partial charge in [0.2, 0.25) is 5.91 Å². The van der Waals surface area contributed by atoms with Crippen molar-refractivity contribution in [3.8, 4) is 0 Å². The maximum absolute atomic E-state index is 13.6. The van der Waals surface area contributed by atoms with Gasteiger partial charge in [0.25, 0.3) is 0 Å². The zero-order valence-electron chi connectivity index (χ0n) is 15.1. The molecule has 1 aromatic carbocycles. The van der Waals surface area contributed by atoms with Crippen LogP contribution in [0, 0.1) is 5.82 Å². The van der Waals surface area contributed by atoms with Crippen LogP contribution in [0.15, 0.2) is 30.5 Å². The average molecular weight is 356 g/mol. The van der Waals surface area contributed by atoms with Crippen LogP contribution in [0.3, 0.4) is 0 Å². The van der Waals surface area contributed by atoms with Gasteiger partial charge in [0.05, 0.1) is 12.1 Å². The van der Waals surface area contributed by atoms with Gasteiger partial charge in [0, 0.05) is 49.0 Å². The molecule has 3 heterocycles. The summed E-state index contributed by atoms with van der Waals surface area (Å²) < 4.78 is 13.6. The van der Waals surface area contributed by atoms with Crippen LogP contribution in [0.5, 0.6) is 0 Å². The van der Waals surface area contributed by atoms with Gasteiger partial charge in [-0.25, -0.2) is 4.39 Å². The van der Waals surface area contributed by atoms with E-state index in [9.17, 15) is 9.18 Å². The molecule has 6 heteroatoms. The van der Waals surface area contributed by atoms with Crippen molar-refractivity contribution in [2.24, 2.45) is 0 Å². The number of hydrogen-bond acceptors (Lipinski definition) is 4. The molecule has 2 fully saturated rings. The minimum absolute atomic E-state index is 0.243. The number of pyridine rings is 1. The van der Waals surface area contributed by atoms with E-state index >= 15 is 0 Å². The van der Waals surface area contributed by atoms with Gasteiger partial charge in [0.1, 0.15) is 5.82 Å². The van der Waals surface area contributed by atoms with E-state index in [1.807, 2.05) is 11.0 Å². The molecule has 4 rings (SSSR count). The summed E-state index contributed by atoms with van der Waals surface area (Å²) in [5.74, 6) is -0.0148. The summed E-state index contributed by atoms with van der Waals surface area (Å²) in [5.41, 5.74) is 1.69. The van der Waals surface area contributed by atoms with Gasteiger partial charge in [0.15, 0.2) is 0 Å². The number of amides is 1. The second kappa shape index (κ2) is 7.19. The normalized spacial score (nSPS) is 23.7. The van der Waals surface area contributed by atoms with Crippen molar-refractivity contribution in [1.82, 2.24) is 14.8 Å². The molecule has 1 N–H and O–H groups in total. The van der Waals surface area contributed by atoms with E-state index in [-0.39, 0.29) is 17.8 Å². The summed E-state index contributed by atoms with van der Waals surface area (Å²) in [6.07, 6.45) is 4.94. The van der Waals surface area contributed by atoms with Crippen molar-refractivity contribution in [1.29, 1.82) is 0 Å². The predicted octanol–water partition coefficient (Wildman–Crippen LogP) is 2.87. The highest BCUT2D eigenvalue weighted by atomic mass is 19.1. The molecule has 2 saturated heterocycles. The van der Waals surface area contributed by atoms with Crippen molar-refractivity contribution in [2.75, 3.05) is 31.5 Å². The van der Waals surface area contributed by atoms with Gasteiger partial charge in [-0.2, -0.15) is 0 Å². The molecule has 0 radical (unpaired) electrons. The fraction of sp³-hybridized carbons (Fsp3) is 0.500. The van der Waals surface area contributed by atoms with Crippen LogP contribution in [0.25, 0.3) is 10.9 Å². The molecule has 2 aliphatic rings. The van der Waals surface area contributed by atoms with E-state index in [0.29, 0.717) is 12.6 Å². The standard InChI is InChI=1S/C20H25FN4O/c1-14-3-2-9-25(14)20(26)13-24-10-7-16(12-24)23-19-6-8-22-18-5-4-15(21)11-17(18)19/h4-6,8,11,14,16H,2-3,7,9-10,12-13H2,1H3,(H,22,23)/t14-,16-/m1/s1. The minimum atomic E-state index is -0.257. The molecule has 1 aromatic heterocycles. The molecule has 0 unspecified atom stereocenters. The van der Waals surface area contributed by atoms with E-state index in [4.69, 9.17) is 0 Å². The zero-order valence-corrected chi connectivity index (χ0v) is 15.1. The van der Waals surface area contributed by atoms with Crippen LogP contribution >= 0.6 is 0 Å². The topological polar surface area (TPSA) is 48.5 Å². The lowest BCUT2D eigenvalue weighted by atomic mass is 10.1. The van der Waals surface area contributed by atoms with E-state index < -0.39 is 0 Å². The van der Waals surface area contributed by atoms with Crippen molar-refractivity contribution >= 4 is 22.5 Å². The first kappa shape index (κ1) is 17.2. The molecule has 2 aliphatic heterocycles. The molecule has 0 spiro atoms. The number of aromatic nitrogens is 1. The number of likely N-dealkylation sites (tertiary alicyclic amines) is 2. The van der Waals surface area contributed by atoms with E-state index in [0.717, 1.165) is 55.5 Å². The molecular formula is C20H25FN4O. The lowest BCUT2D eigenvalue weighted by Gasteiger charge is -2.24. The van der Waals surface area contributed by atoms with Gasteiger partial charge < -0.3 is 10.2 Å². The van der Waals surface area contributed by atoms with Crippen LogP contribution in [0.1, 0.15) is 26.2 Å². The van der Waals surface area contributed by atoms with Crippen molar-refractivity contribution in [3.05, 3.63) is 36.3 Å². The summed E-state index contributed by atoms with van der Waals surface area (Å²) in [6.45, 7) is 5.25. The molecule has 0 aliphatic carbocycles. The van der Waals surface area contributed by atoms with Gasteiger partial charge in [-0.1, -0.05) is 0 Å². The first-order valence-corrected chi connectivity index (χ1v) is 9.43. The third-order valence-electron chi connectivity index (χ3n) is 5.57. The Labute approximate surface area is 153 Å². The number of nitrogens with one attached hydrogen (secondary N) is 1. The highest BCUT2D eigenvalue weighted by molar-refractivity contribution is 5.91. The quantitative estimate of drug-likeness (QED) is 0.915. The number of benzene rings is 1. The highest BCUT2D eigenvalue weighted by Crippen LogP contribution is 2.25. The second-order valence-electron chi connectivity index (χ2n) is 7.46. The van der Waals surface area contributed by atoms with E-state index in [2.05, 4.69) is 22.1 Å². The Kier molecular flexibility index (Phi) is 4.76. The summed E-state index contributed by atoms with van der Waals surface area (Å²) in [5, 5.41) is 4.32. The van der Waals surface area contributed by atoms with Crippen molar-refractivity contribution < 1.29 is 9.18 Å². The molecule has 0 bridgehead atoms. The third-order valence-corrected chi connectivity index (χ3v) is 5.57. The summed E-state index contributed by atoms with van der Waals surface area (Å²) in [4.78, 5) is 21.0. The first-order chi connectivity index (χ1) is 12.6. The highest BCUT2D eigenvalue weighted by Gasteiger charge is 2.29. The monoisotopic (exact) mass is 356 g/mol. The number of halogens is 1. The number of nitrogens with zero attached hydrogens (tertiary/aromatic N) is 3. The average Bonchev–Trinajstić information content (AvgIpc) is 3.24. The Morgan fingerprint density at radius 3 is 3.00 bits per heavy atom. The van der Waals surface area contributed by atoms with Gasteiger partial charge in [-0.05, 0) is 50.5 Å². The van der Waals surface area contributed by atoms with Crippen LogP contribution in [0.2, 0.25) is 0 Å². The Balaban J connectivity index is 1.39. The third kappa shape index (κ3) is 3.51. The number of anilines is 1. The van der Waals surface area contributed by atoms with Crippen LogP contribution in [0.4, 0.5) is 10.1 Å². The SMILES string of the molecule is C[C@@H]1CCCN1C(=O)CN1CC[C@@H](Nc2ccnc3ccc(F)cc23)C1. The van der Waals surface area contributed by atoms with E-state index in [1.165, 1.54) is 12.1 Å². The Bertz CT molecular complexity index is 811. The smallest absolute Gasteiger partial charge is 0.236 e. The Morgan fingerprint density at radius 2 is 2.19 bits per heavy atom. The Hall–Kier alpha value is -2.21. The summed E-state index contributed by atoms with van der Waals surface area (Å²) >= 11 is 0. The lowest BCUT2D eigenvalue weighted by molar-refractivity contribution is -0.132. The number of carbonyl (C=O) groups is 1. The molecule has 5 nitrogen and oxygen atoms in total. The Morgan fingerprint density at radius 1 is 1.31 bits per heavy atom. The first-order valence-electron chi connectivity index (χ1n) is 9.43. The van der Waals surface area contributed by atoms with Gasteiger partial charge in [-0.3, -0.25) is 14.7 Å². The van der Waals surface area contributed by atoms with Crippen LogP contribution in [-0.4, -0.2) is 59.0 Å². The zero-order chi connectivity index (χ0) is 18.1. The maximum atomic E-state index is 13.6. The molecule has 138 valence electrons. The van der Waals surface area contributed by atoms with Crippen molar-refractivity contribution in [2.45, 2.75) is 38.3 Å². The molecule has 2 atom stereocenters. The summed E-state index contributed by atoms with van der Waals surface area (Å²) in [6, 6.07) is 7.18. The molecule has 26 heavy (non-hydrogen) atoms. The van der Waals surface area contributed by atoms with Crippen LogP contribution in [-0.2, 0) is 4.79 Å². The fourth-order valence-electron chi connectivity index (χ4n) is 4.14. The predicted molar refractivity (Wildman–Crippen MR) is 101 cm³/mol. The van der Waals surface area contributed by atoms with Crippen molar-refractivity contribution in [3.63, 3.8) is 0 Å². The number of rotatable bonds is 4. The number of hydrogen-bond donors (Lipinski definition) is 1. The minimum Gasteiger partial charge on any atom is -0.380 e. The van der Waals surface area contributed by atoms with Gasteiger partial charge in [-0.15, -0.1) is 0 Å². The fourth-order valence-corrected chi connectivity index (χ4v) is 4.14. The summed E-state index contributed by atoms with van der Waals surface area (Å²) in [7, 11) is 0. The number of carbonyl (C=O) groups excluding carboxylic acids is 1. The lowest BCUT2D eigenvalue weighted by Crippen LogP contribution is -2.41. The van der Waals surface area contributed by atoms with E-state index in [1.54, 1.807) is 12.3 Å². The second-order valence-corrected chi connectivity index (χ2v) is 7.46. The molecule has 0 saturated carbocycles. The number of fused-ring (bicyclic) bond motifs is 1.